The normalized spacial score (nSPS) is 12.2. The monoisotopic (exact) mass is 170 g/mol. The van der Waals surface area contributed by atoms with Gasteiger partial charge in [-0.15, -0.1) is 0 Å². The van der Waals surface area contributed by atoms with Crippen molar-refractivity contribution in [1.82, 2.24) is 10.9 Å². The van der Waals surface area contributed by atoms with Crippen molar-refractivity contribution in [1.29, 1.82) is 0 Å². The lowest BCUT2D eigenvalue weighted by atomic mass is 10.3. The molecule has 0 saturated carbocycles. The number of hydrogen-bond acceptors (Lipinski definition) is 4. The van der Waals surface area contributed by atoms with Crippen LogP contribution in [0.15, 0.2) is 10.2 Å². The summed E-state index contributed by atoms with van der Waals surface area (Å²) in [6, 6.07) is 0. The molecule has 12 heavy (non-hydrogen) atoms. The molecule has 0 aromatic rings. The Morgan fingerprint density at radius 3 is 1.58 bits per heavy atom. The van der Waals surface area contributed by atoms with Crippen molar-refractivity contribution < 1.29 is 9.59 Å². The molecule has 0 fully saturated rings. The van der Waals surface area contributed by atoms with Crippen LogP contribution in [0.3, 0.4) is 0 Å². The second-order valence-corrected chi connectivity index (χ2v) is 1.89. The lowest BCUT2D eigenvalue weighted by Crippen LogP contribution is -2.15. The van der Waals surface area contributed by atoms with Gasteiger partial charge in [0.1, 0.15) is 0 Å². The van der Waals surface area contributed by atoms with Crippen LogP contribution >= 0.6 is 0 Å². The van der Waals surface area contributed by atoms with Crippen LogP contribution in [0.25, 0.3) is 0 Å². The van der Waals surface area contributed by atoms with E-state index in [0.717, 1.165) is 0 Å². The van der Waals surface area contributed by atoms with E-state index in [1.165, 1.54) is 0 Å². The Hall–Kier alpha value is -1.72. The average Bonchev–Trinajstić information content (AvgIpc) is 2.10. The fraction of sp³-hybridized carbons (Fsp3) is 0.333. The van der Waals surface area contributed by atoms with Crippen LogP contribution in [0.1, 0.15) is 13.8 Å². The summed E-state index contributed by atoms with van der Waals surface area (Å²) < 4.78 is 0. The zero-order valence-corrected chi connectivity index (χ0v) is 6.87. The van der Waals surface area contributed by atoms with Gasteiger partial charge in [-0.3, -0.25) is 9.59 Å². The summed E-state index contributed by atoms with van der Waals surface area (Å²) in [5, 5.41) is 7.21. The van der Waals surface area contributed by atoms with E-state index in [1.54, 1.807) is 13.8 Å². The Balaban J connectivity index is 4.15. The summed E-state index contributed by atoms with van der Waals surface area (Å²) in [6.45, 7) is 3.31. The second kappa shape index (κ2) is 6.02. The van der Waals surface area contributed by atoms with Gasteiger partial charge in [-0.25, -0.2) is 10.9 Å². The minimum atomic E-state index is 0.448. The number of rotatable bonds is 5. The highest BCUT2D eigenvalue weighted by atomic mass is 16.1. The Kier molecular flexibility index (Phi) is 5.16. The molecule has 0 rings (SSSR count). The Labute approximate surface area is 69.7 Å². The molecule has 0 heterocycles. The third-order valence-electron chi connectivity index (χ3n) is 1.09. The lowest BCUT2D eigenvalue weighted by Gasteiger charge is -1.96. The van der Waals surface area contributed by atoms with E-state index in [4.69, 9.17) is 0 Å². The molecular weight excluding hydrogens is 160 g/mol. The highest BCUT2D eigenvalue weighted by Gasteiger charge is 1.94. The third kappa shape index (κ3) is 4.15. The van der Waals surface area contributed by atoms with Gasteiger partial charge in [-0.1, -0.05) is 0 Å². The van der Waals surface area contributed by atoms with Gasteiger partial charge in [0, 0.05) is 0 Å². The van der Waals surface area contributed by atoms with Gasteiger partial charge in [0.25, 0.3) is 0 Å². The second-order valence-electron chi connectivity index (χ2n) is 1.89. The van der Waals surface area contributed by atoms with Crippen molar-refractivity contribution in [2.24, 2.45) is 10.2 Å². The first-order chi connectivity index (χ1) is 5.72. The topological polar surface area (TPSA) is 82.9 Å². The number of hydrazone groups is 2. The standard InChI is InChI=1S/C6H10N4O2/c1-5(9-7-3-11)6(2)10-8-4-12/h3-4H,1-2H3,(H,7,11)(H,8,12)/b9-5-,10-6-. The SMILES string of the molecule is CC(=N/NC=O)/C(C)=N\NC=O. The predicted octanol–water partition coefficient (Wildman–Crippen LogP) is -0.770. The maximum Gasteiger partial charge on any atom is 0.227 e. The van der Waals surface area contributed by atoms with Crippen LogP contribution in [0, 0.1) is 0 Å². The molecule has 0 aliphatic carbocycles. The Morgan fingerprint density at radius 2 is 1.33 bits per heavy atom. The molecule has 6 nitrogen and oxygen atoms in total. The molecular formula is C6H10N4O2. The van der Waals surface area contributed by atoms with Gasteiger partial charge >= 0.3 is 0 Å². The van der Waals surface area contributed by atoms with E-state index >= 15 is 0 Å². The summed E-state index contributed by atoms with van der Waals surface area (Å²) in [6.07, 6.45) is 0.897. The molecule has 0 atom stereocenters. The van der Waals surface area contributed by atoms with Gasteiger partial charge in [0.2, 0.25) is 12.8 Å². The van der Waals surface area contributed by atoms with Crippen LogP contribution in [0.2, 0.25) is 0 Å². The maximum absolute atomic E-state index is 9.82. The van der Waals surface area contributed by atoms with Gasteiger partial charge in [0.15, 0.2) is 0 Å². The van der Waals surface area contributed by atoms with Gasteiger partial charge in [-0.2, -0.15) is 10.2 Å². The molecule has 0 aliphatic rings. The first kappa shape index (κ1) is 10.3. The molecule has 0 spiro atoms. The number of carbonyl (C=O) groups is 2. The Bertz CT molecular complexity index is 198. The van der Waals surface area contributed by atoms with E-state index in [0.29, 0.717) is 24.2 Å². The molecule has 0 saturated heterocycles. The number of nitrogens with zero attached hydrogens (tertiary/aromatic N) is 2. The van der Waals surface area contributed by atoms with Gasteiger partial charge < -0.3 is 0 Å². The summed E-state index contributed by atoms with van der Waals surface area (Å²) in [5.41, 5.74) is 5.28. The van der Waals surface area contributed by atoms with Crippen molar-refractivity contribution in [3.8, 4) is 0 Å². The maximum atomic E-state index is 9.82. The van der Waals surface area contributed by atoms with E-state index in [-0.39, 0.29) is 0 Å². The van der Waals surface area contributed by atoms with Crippen molar-refractivity contribution in [2.45, 2.75) is 13.8 Å². The highest BCUT2D eigenvalue weighted by molar-refractivity contribution is 6.40. The molecule has 0 radical (unpaired) electrons. The van der Waals surface area contributed by atoms with Crippen LogP contribution in [-0.2, 0) is 9.59 Å². The summed E-state index contributed by atoms with van der Waals surface area (Å²) in [5.74, 6) is 0. The molecule has 0 bridgehead atoms. The van der Waals surface area contributed by atoms with E-state index in [1.807, 2.05) is 0 Å². The number of amides is 2. The fourth-order valence-corrected chi connectivity index (χ4v) is 0.408. The fourth-order valence-electron chi connectivity index (χ4n) is 0.408. The van der Waals surface area contributed by atoms with Crippen molar-refractivity contribution in [3.63, 3.8) is 0 Å². The van der Waals surface area contributed by atoms with Crippen LogP contribution in [-0.4, -0.2) is 24.2 Å². The zero-order chi connectivity index (χ0) is 9.40. The number of nitrogens with one attached hydrogen (secondary N) is 2. The largest absolute Gasteiger partial charge is 0.277 e. The van der Waals surface area contributed by atoms with Crippen LogP contribution in [0.4, 0.5) is 0 Å². The van der Waals surface area contributed by atoms with Crippen molar-refractivity contribution in [2.75, 3.05) is 0 Å². The lowest BCUT2D eigenvalue weighted by molar-refractivity contribution is -0.110. The molecule has 66 valence electrons. The molecule has 0 unspecified atom stereocenters. The molecule has 0 aromatic heterocycles. The third-order valence-corrected chi connectivity index (χ3v) is 1.09. The van der Waals surface area contributed by atoms with E-state index < -0.39 is 0 Å². The van der Waals surface area contributed by atoms with Gasteiger partial charge in [0.05, 0.1) is 11.4 Å². The molecule has 6 heteroatoms. The highest BCUT2D eigenvalue weighted by Crippen LogP contribution is 1.79. The Morgan fingerprint density at radius 1 is 1.00 bits per heavy atom. The quantitative estimate of drug-likeness (QED) is 0.322. The van der Waals surface area contributed by atoms with Crippen LogP contribution in [0.5, 0.6) is 0 Å². The molecule has 2 amide bonds. The minimum Gasteiger partial charge on any atom is -0.277 e. The number of hydrogen-bond donors (Lipinski definition) is 2. The van der Waals surface area contributed by atoms with E-state index in [2.05, 4.69) is 21.1 Å². The average molecular weight is 170 g/mol. The molecule has 0 aromatic carbocycles. The van der Waals surface area contributed by atoms with Crippen molar-refractivity contribution >= 4 is 24.2 Å². The van der Waals surface area contributed by atoms with Gasteiger partial charge in [-0.05, 0) is 13.8 Å². The zero-order valence-electron chi connectivity index (χ0n) is 6.87. The van der Waals surface area contributed by atoms with Crippen molar-refractivity contribution in [3.05, 3.63) is 0 Å². The first-order valence-electron chi connectivity index (χ1n) is 3.19. The minimum absolute atomic E-state index is 0.448. The predicted molar refractivity (Wildman–Crippen MR) is 44.6 cm³/mol. The van der Waals surface area contributed by atoms with E-state index in [9.17, 15) is 9.59 Å². The summed E-state index contributed by atoms with van der Waals surface area (Å²) >= 11 is 0. The molecule has 0 aliphatic heterocycles. The first-order valence-corrected chi connectivity index (χ1v) is 3.19. The smallest absolute Gasteiger partial charge is 0.227 e. The summed E-state index contributed by atoms with van der Waals surface area (Å²) in [7, 11) is 0. The number of carbonyl (C=O) groups excluding carboxylic acids is 2. The molecule has 2 N–H and O–H groups in total. The van der Waals surface area contributed by atoms with Crippen LogP contribution < -0.4 is 10.9 Å². The summed E-state index contributed by atoms with van der Waals surface area (Å²) in [4.78, 5) is 19.6.